The number of thiazole rings is 1. The molecule has 0 aliphatic carbocycles. The van der Waals surface area contributed by atoms with Crippen LogP contribution >= 0.6 is 34.5 Å². The number of benzene rings is 2. The lowest BCUT2D eigenvalue weighted by atomic mass is 10.1. The molecular formula is C15H9Cl2NO2S. The first kappa shape index (κ1) is 14.2. The molecule has 21 heavy (non-hydrogen) atoms. The van der Waals surface area contributed by atoms with Crippen LogP contribution < -0.4 is 0 Å². The molecule has 1 aromatic heterocycles. The van der Waals surface area contributed by atoms with Crippen molar-refractivity contribution >= 4 is 34.5 Å². The normalized spacial score (nSPS) is 10.8. The summed E-state index contributed by atoms with van der Waals surface area (Å²) in [5, 5.41) is 22.5. The molecule has 2 aromatic carbocycles. The van der Waals surface area contributed by atoms with Gasteiger partial charge in [-0.05, 0) is 30.3 Å². The fraction of sp³-hybridized carbons (Fsp3) is 0. The van der Waals surface area contributed by atoms with Gasteiger partial charge in [0.05, 0.1) is 15.7 Å². The Bertz CT molecular complexity index is 751. The van der Waals surface area contributed by atoms with Crippen LogP contribution in [-0.2, 0) is 0 Å². The van der Waals surface area contributed by atoms with Crippen molar-refractivity contribution in [1.82, 2.24) is 4.98 Å². The van der Waals surface area contributed by atoms with Gasteiger partial charge in [0.25, 0.3) is 0 Å². The highest BCUT2D eigenvalue weighted by Crippen LogP contribution is 2.35. The van der Waals surface area contributed by atoms with Crippen LogP contribution in [0.15, 0.2) is 41.8 Å². The summed E-state index contributed by atoms with van der Waals surface area (Å²) in [4.78, 5) is 4.52. The summed E-state index contributed by atoms with van der Waals surface area (Å²) in [5.41, 5.74) is 2.39. The summed E-state index contributed by atoms with van der Waals surface area (Å²) in [5.74, 6) is -0.321. The molecule has 0 aliphatic heterocycles. The molecule has 0 aliphatic rings. The minimum absolute atomic E-state index is 0.153. The molecule has 0 bridgehead atoms. The maximum atomic E-state index is 9.55. The molecule has 2 N–H and O–H groups in total. The lowest BCUT2D eigenvalue weighted by molar-refractivity contribution is 0.404. The summed E-state index contributed by atoms with van der Waals surface area (Å²) < 4.78 is 0. The Labute approximate surface area is 135 Å². The number of aromatic nitrogens is 1. The molecule has 106 valence electrons. The van der Waals surface area contributed by atoms with E-state index < -0.39 is 0 Å². The fourth-order valence-electron chi connectivity index (χ4n) is 1.85. The van der Waals surface area contributed by atoms with Crippen LogP contribution in [0, 0.1) is 0 Å². The molecule has 0 unspecified atom stereocenters. The zero-order chi connectivity index (χ0) is 15.0. The van der Waals surface area contributed by atoms with Crippen molar-refractivity contribution in [2.75, 3.05) is 0 Å². The number of hydrogen-bond acceptors (Lipinski definition) is 4. The molecule has 3 rings (SSSR count). The minimum Gasteiger partial charge on any atom is -0.504 e. The van der Waals surface area contributed by atoms with Gasteiger partial charge in [-0.1, -0.05) is 29.3 Å². The molecule has 3 aromatic rings. The van der Waals surface area contributed by atoms with Gasteiger partial charge in [0.15, 0.2) is 11.5 Å². The predicted octanol–water partition coefficient (Wildman–Crippen LogP) is 5.20. The number of rotatable bonds is 2. The van der Waals surface area contributed by atoms with Gasteiger partial charge < -0.3 is 10.2 Å². The average Bonchev–Trinajstić information content (AvgIpc) is 2.94. The van der Waals surface area contributed by atoms with E-state index in [1.165, 1.54) is 23.5 Å². The summed E-state index contributed by atoms with van der Waals surface area (Å²) in [6.07, 6.45) is 0. The third-order valence-electron chi connectivity index (χ3n) is 2.94. The maximum Gasteiger partial charge on any atom is 0.158 e. The van der Waals surface area contributed by atoms with Crippen molar-refractivity contribution in [3.8, 4) is 33.3 Å². The summed E-state index contributed by atoms with van der Waals surface area (Å²) in [6.45, 7) is 0. The summed E-state index contributed by atoms with van der Waals surface area (Å²) in [6, 6.07) is 9.95. The van der Waals surface area contributed by atoms with Crippen LogP contribution in [0.5, 0.6) is 11.5 Å². The predicted molar refractivity (Wildman–Crippen MR) is 86.3 cm³/mol. The third-order valence-corrected chi connectivity index (χ3v) is 4.57. The van der Waals surface area contributed by atoms with Gasteiger partial charge in [-0.2, -0.15) is 0 Å². The molecule has 0 radical (unpaired) electrons. The van der Waals surface area contributed by atoms with Crippen molar-refractivity contribution in [2.24, 2.45) is 0 Å². The Balaban J connectivity index is 1.99. The van der Waals surface area contributed by atoms with Crippen LogP contribution in [0.3, 0.4) is 0 Å². The first-order chi connectivity index (χ1) is 10.0. The molecule has 0 amide bonds. The zero-order valence-corrected chi connectivity index (χ0v) is 12.9. The molecule has 3 nitrogen and oxygen atoms in total. The number of hydrogen-bond donors (Lipinski definition) is 2. The summed E-state index contributed by atoms with van der Waals surface area (Å²) >= 11 is 13.4. The second-order valence-electron chi connectivity index (χ2n) is 4.37. The van der Waals surface area contributed by atoms with E-state index in [0.29, 0.717) is 10.0 Å². The number of phenolic OH excluding ortho intramolecular Hbond substituents is 2. The van der Waals surface area contributed by atoms with E-state index in [1.807, 2.05) is 11.4 Å². The quantitative estimate of drug-likeness (QED) is 0.632. The Kier molecular flexibility index (Phi) is 3.76. The van der Waals surface area contributed by atoms with Gasteiger partial charge in [-0.25, -0.2) is 4.98 Å². The first-order valence-corrected chi connectivity index (χ1v) is 7.61. The maximum absolute atomic E-state index is 9.55. The standard InChI is InChI=1S/C15H9Cl2NO2S/c16-10-3-1-8(5-11(10)17)12-7-21-15(18-12)9-2-4-13(19)14(20)6-9/h1-7,19-20H. The molecule has 0 atom stereocenters. The number of halogens is 2. The highest BCUT2D eigenvalue weighted by Gasteiger charge is 2.10. The molecule has 0 saturated carbocycles. The van der Waals surface area contributed by atoms with Crippen LogP contribution in [0.2, 0.25) is 10.0 Å². The Morgan fingerprint density at radius 1 is 0.857 bits per heavy atom. The van der Waals surface area contributed by atoms with Gasteiger partial charge in [0.1, 0.15) is 5.01 Å². The minimum atomic E-state index is -0.168. The van der Waals surface area contributed by atoms with Crippen LogP contribution in [-0.4, -0.2) is 15.2 Å². The highest BCUT2D eigenvalue weighted by molar-refractivity contribution is 7.13. The van der Waals surface area contributed by atoms with Crippen LogP contribution in [0.25, 0.3) is 21.8 Å². The van der Waals surface area contributed by atoms with E-state index in [2.05, 4.69) is 4.98 Å². The number of nitrogens with zero attached hydrogens (tertiary/aromatic N) is 1. The van der Waals surface area contributed by atoms with Crippen molar-refractivity contribution in [1.29, 1.82) is 0 Å². The van der Waals surface area contributed by atoms with Crippen molar-refractivity contribution in [3.63, 3.8) is 0 Å². The van der Waals surface area contributed by atoms with Crippen LogP contribution in [0.4, 0.5) is 0 Å². The highest BCUT2D eigenvalue weighted by atomic mass is 35.5. The van der Waals surface area contributed by atoms with Gasteiger partial charge in [-0.3, -0.25) is 0 Å². The Morgan fingerprint density at radius 3 is 2.33 bits per heavy atom. The molecule has 0 spiro atoms. The summed E-state index contributed by atoms with van der Waals surface area (Å²) in [7, 11) is 0. The molecule has 6 heteroatoms. The second kappa shape index (κ2) is 5.56. The topological polar surface area (TPSA) is 53.4 Å². The largest absolute Gasteiger partial charge is 0.504 e. The van der Waals surface area contributed by atoms with E-state index in [0.717, 1.165) is 21.8 Å². The van der Waals surface area contributed by atoms with Gasteiger partial charge in [0, 0.05) is 16.5 Å². The smallest absolute Gasteiger partial charge is 0.158 e. The van der Waals surface area contributed by atoms with E-state index >= 15 is 0 Å². The lowest BCUT2D eigenvalue weighted by Gasteiger charge is -2.01. The Morgan fingerprint density at radius 2 is 1.62 bits per heavy atom. The zero-order valence-electron chi connectivity index (χ0n) is 10.5. The van der Waals surface area contributed by atoms with E-state index in [9.17, 15) is 10.2 Å². The van der Waals surface area contributed by atoms with Gasteiger partial charge in [0.2, 0.25) is 0 Å². The first-order valence-electron chi connectivity index (χ1n) is 5.98. The van der Waals surface area contributed by atoms with Gasteiger partial charge >= 0.3 is 0 Å². The molecular weight excluding hydrogens is 329 g/mol. The lowest BCUT2D eigenvalue weighted by Crippen LogP contribution is -1.81. The van der Waals surface area contributed by atoms with E-state index in [-0.39, 0.29) is 11.5 Å². The Hall–Kier alpha value is -1.75. The molecule has 1 heterocycles. The molecule has 0 fully saturated rings. The monoisotopic (exact) mass is 337 g/mol. The number of phenols is 2. The van der Waals surface area contributed by atoms with Crippen molar-refractivity contribution in [2.45, 2.75) is 0 Å². The number of aromatic hydroxyl groups is 2. The second-order valence-corrected chi connectivity index (χ2v) is 6.04. The van der Waals surface area contributed by atoms with Crippen LogP contribution in [0.1, 0.15) is 0 Å². The van der Waals surface area contributed by atoms with Crippen molar-refractivity contribution in [3.05, 3.63) is 51.8 Å². The third kappa shape index (κ3) is 2.83. The SMILES string of the molecule is Oc1ccc(-c2nc(-c3ccc(Cl)c(Cl)c3)cs2)cc1O. The van der Waals surface area contributed by atoms with E-state index in [4.69, 9.17) is 23.2 Å². The average molecular weight is 338 g/mol. The van der Waals surface area contributed by atoms with Gasteiger partial charge in [-0.15, -0.1) is 11.3 Å². The fourth-order valence-corrected chi connectivity index (χ4v) is 2.98. The van der Waals surface area contributed by atoms with Crippen molar-refractivity contribution < 1.29 is 10.2 Å². The van der Waals surface area contributed by atoms with E-state index in [1.54, 1.807) is 18.2 Å². The molecule has 0 saturated heterocycles.